The van der Waals surface area contributed by atoms with Gasteiger partial charge in [-0.25, -0.2) is 0 Å². The van der Waals surface area contributed by atoms with E-state index in [0.29, 0.717) is 25.8 Å². The van der Waals surface area contributed by atoms with E-state index in [9.17, 15) is 5.11 Å². The van der Waals surface area contributed by atoms with Crippen LogP contribution >= 0.6 is 11.3 Å². The van der Waals surface area contributed by atoms with Gasteiger partial charge in [-0.1, -0.05) is 12.5 Å². The van der Waals surface area contributed by atoms with Gasteiger partial charge in [-0.3, -0.25) is 9.58 Å². The average molecular weight is 350 g/mol. The molecule has 24 heavy (non-hydrogen) atoms. The molecule has 6 heteroatoms. The van der Waals surface area contributed by atoms with Crippen molar-refractivity contribution in [2.24, 2.45) is 0 Å². The Labute approximate surface area is 147 Å². The molecule has 3 rings (SSSR count). The van der Waals surface area contributed by atoms with Crippen LogP contribution in [0.3, 0.4) is 0 Å². The van der Waals surface area contributed by atoms with Gasteiger partial charge in [0, 0.05) is 23.7 Å². The molecule has 3 heterocycles. The molecule has 0 saturated carbocycles. The summed E-state index contributed by atoms with van der Waals surface area (Å²) >= 11 is 1.69. The van der Waals surface area contributed by atoms with Crippen LogP contribution in [0.5, 0.6) is 0 Å². The first kappa shape index (κ1) is 17.6. The number of aryl methyl sites for hydroxylation is 1. The molecule has 0 radical (unpaired) electrons. The number of aromatic nitrogens is 2. The zero-order valence-corrected chi connectivity index (χ0v) is 15.1. The minimum Gasteiger partial charge on any atom is -0.389 e. The third-order valence-electron chi connectivity index (χ3n) is 4.49. The standard InChI is InChI=1S/C18H27N3O2S/c1-15-9-19-21(10-15)11-16-5-2-3-7-20(16)12-17(22)13-23-14-18-6-4-8-24-18/h4,6,8-10,16-17,22H,2-3,5,7,11-14H2,1H3/t16-,17-/m0/s1. The van der Waals surface area contributed by atoms with E-state index in [0.717, 1.165) is 13.1 Å². The first-order chi connectivity index (χ1) is 11.7. The Kier molecular flexibility index (Phi) is 6.43. The molecule has 2 aromatic rings. The van der Waals surface area contributed by atoms with Crippen molar-refractivity contribution < 1.29 is 9.84 Å². The molecule has 0 unspecified atom stereocenters. The molecule has 0 amide bonds. The molecule has 0 spiro atoms. The highest BCUT2D eigenvalue weighted by molar-refractivity contribution is 7.09. The Balaban J connectivity index is 1.45. The van der Waals surface area contributed by atoms with Crippen molar-refractivity contribution in [3.8, 4) is 0 Å². The maximum absolute atomic E-state index is 10.3. The molecule has 0 bridgehead atoms. The predicted octanol–water partition coefficient (Wildman–Crippen LogP) is 2.69. The zero-order chi connectivity index (χ0) is 16.8. The van der Waals surface area contributed by atoms with Gasteiger partial charge in [0.2, 0.25) is 0 Å². The maximum atomic E-state index is 10.3. The Morgan fingerprint density at radius 3 is 3.12 bits per heavy atom. The van der Waals surface area contributed by atoms with Gasteiger partial charge >= 0.3 is 0 Å². The van der Waals surface area contributed by atoms with Crippen molar-refractivity contribution in [3.05, 3.63) is 40.3 Å². The minimum atomic E-state index is -0.440. The Morgan fingerprint density at radius 2 is 2.38 bits per heavy atom. The predicted molar refractivity (Wildman–Crippen MR) is 96.2 cm³/mol. The van der Waals surface area contributed by atoms with E-state index in [1.807, 2.05) is 22.3 Å². The Hall–Kier alpha value is -1.21. The van der Waals surface area contributed by atoms with Gasteiger partial charge in [0.25, 0.3) is 0 Å². The number of hydrogen-bond donors (Lipinski definition) is 1. The van der Waals surface area contributed by atoms with Crippen LogP contribution in [0.2, 0.25) is 0 Å². The lowest BCUT2D eigenvalue weighted by molar-refractivity contribution is -0.00511. The third kappa shape index (κ3) is 5.14. The quantitative estimate of drug-likeness (QED) is 0.796. The van der Waals surface area contributed by atoms with Crippen molar-refractivity contribution in [2.75, 3.05) is 19.7 Å². The number of rotatable bonds is 8. The molecule has 2 atom stereocenters. The number of β-amino-alcohol motifs (C(OH)–C–C–N with tert-alkyl or cyclic N) is 1. The topological polar surface area (TPSA) is 50.5 Å². The number of thiophene rings is 1. The van der Waals surface area contributed by atoms with Crippen LogP contribution in [0.4, 0.5) is 0 Å². The second-order valence-corrected chi connectivity index (χ2v) is 7.66. The van der Waals surface area contributed by atoms with Crippen LogP contribution in [0.25, 0.3) is 0 Å². The number of ether oxygens (including phenoxy) is 1. The normalized spacial score (nSPS) is 20.3. The molecule has 1 aliphatic heterocycles. The fraction of sp³-hybridized carbons (Fsp3) is 0.611. The fourth-order valence-corrected chi connectivity index (χ4v) is 3.94. The van der Waals surface area contributed by atoms with E-state index in [1.165, 1.54) is 29.7 Å². The summed E-state index contributed by atoms with van der Waals surface area (Å²) in [6.07, 6.45) is 7.18. The van der Waals surface area contributed by atoms with Crippen LogP contribution in [0.15, 0.2) is 29.9 Å². The second kappa shape index (κ2) is 8.76. The van der Waals surface area contributed by atoms with Gasteiger partial charge in [0.05, 0.1) is 32.1 Å². The fourth-order valence-electron chi connectivity index (χ4n) is 3.30. The number of aliphatic hydroxyl groups is 1. The molecule has 0 aliphatic carbocycles. The van der Waals surface area contributed by atoms with E-state index in [4.69, 9.17) is 4.74 Å². The van der Waals surface area contributed by atoms with Gasteiger partial charge in [-0.15, -0.1) is 11.3 Å². The molecular weight excluding hydrogens is 322 g/mol. The highest BCUT2D eigenvalue weighted by atomic mass is 32.1. The van der Waals surface area contributed by atoms with E-state index >= 15 is 0 Å². The summed E-state index contributed by atoms with van der Waals surface area (Å²) in [4.78, 5) is 3.60. The monoisotopic (exact) mass is 349 g/mol. The number of hydrogen-bond acceptors (Lipinski definition) is 5. The van der Waals surface area contributed by atoms with Crippen molar-refractivity contribution in [1.82, 2.24) is 14.7 Å². The van der Waals surface area contributed by atoms with Crippen molar-refractivity contribution in [1.29, 1.82) is 0 Å². The molecule has 0 aromatic carbocycles. The first-order valence-corrected chi connectivity index (χ1v) is 9.60. The smallest absolute Gasteiger partial charge is 0.0900 e. The Morgan fingerprint density at radius 1 is 1.46 bits per heavy atom. The van der Waals surface area contributed by atoms with Gasteiger partial charge in [0.15, 0.2) is 0 Å². The van der Waals surface area contributed by atoms with Crippen molar-refractivity contribution in [2.45, 2.75) is 51.5 Å². The molecule has 1 N–H and O–H groups in total. The summed E-state index contributed by atoms with van der Waals surface area (Å²) in [6, 6.07) is 4.53. The van der Waals surface area contributed by atoms with Gasteiger partial charge < -0.3 is 9.84 Å². The van der Waals surface area contributed by atoms with Gasteiger partial charge in [0.1, 0.15) is 0 Å². The van der Waals surface area contributed by atoms with E-state index in [-0.39, 0.29) is 0 Å². The molecule has 5 nitrogen and oxygen atoms in total. The van der Waals surface area contributed by atoms with Crippen LogP contribution in [0.1, 0.15) is 29.7 Å². The first-order valence-electron chi connectivity index (χ1n) is 8.72. The summed E-state index contributed by atoms with van der Waals surface area (Å²) in [7, 11) is 0. The lowest BCUT2D eigenvalue weighted by Gasteiger charge is -2.36. The number of aliphatic hydroxyl groups excluding tert-OH is 1. The zero-order valence-electron chi connectivity index (χ0n) is 14.3. The number of piperidine rings is 1. The average Bonchev–Trinajstić information content (AvgIpc) is 3.21. The molecule has 1 aliphatic rings. The summed E-state index contributed by atoms with van der Waals surface area (Å²) < 4.78 is 7.68. The number of likely N-dealkylation sites (tertiary alicyclic amines) is 1. The summed E-state index contributed by atoms with van der Waals surface area (Å²) in [6.45, 7) is 5.67. The second-order valence-electron chi connectivity index (χ2n) is 6.63. The SMILES string of the molecule is Cc1cnn(C[C@@H]2CCCCN2C[C@H](O)COCc2cccs2)c1. The van der Waals surface area contributed by atoms with Crippen molar-refractivity contribution in [3.63, 3.8) is 0 Å². The third-order valence-corrected chi connectivity index (χ3v) is 5.34. The minimum absolute atomic E-state index is 0.391. The van der Waals surface area contributed by atoms with E-state index in [2.05, 4.69) is 29.2 Å². The lowest BCUT2D eigenvalue weighted by Crippen LogP contribution is -2.46. The molecule has 1 saturated heterocycles. The van der Waals surface area contributed by atoms with Crippen LogP contribution in [-0.4, -0.2) is 51.6 Å². The summed E-state index contributed by atoms with van der Waals surface area (Å²) in [5.41, 5.74) is 1.19. The molecular formula is C18H27N3O2S. The van der Waals surface area contributed by atoms with Crippen LogP contribution in [0, 0.1) is 6.92 Å². The van der Waals surface area contributed by atoms with Crippen molar-refractivity contribution >= 4 is 11.3 Å². The summed E-state index contributed by atoms with van der Waals surface area (Å²) in [5, 5.41) is 16.8. The molecule has 2 aromatic heterocycles. The van der Waals surface area contributed by atoms with Gasteiger partial charge in [-0.2, -0.15) is 5.10 Å². The molecule has 1 fully saturated rings. The highest BCUT2D eigenvalue weighted by Gasteiger charge is 2.25. The van der Waals surface area contributed by atoms with Crippen LogP contribution < -0.4 is 0 Å². The van der Waals surface area contributed by atoms with E-state index in [1.54, 1.807) is 11.3 Å². The van der Waals surface area contributed by atoms with Gasteiger partial charge in [-0.05, 0) is 43.3 Å². The number of nitrogens with zero attached hydrogens (tertiary/aromatic N) is 3. The largest absolute Gasteiger partial charge is 0.389 e. The van der Waals surface area contributed by atoms with E-state index < -0.39 is 6.10 Å². The Bertz CT molecular complexity index is 599. The summed E-state index contributed by atoms with van der Waals surface area (Å²) in [5.74, 6) is 0. The maximum Gasteiger partial charge on any atom is 0.0900 e. The highest BCUT2D eigenvalue weighted by Crippen LogP contribution is 2.19. The van der Waals surface area contributed by atoms with Crippen LogP contribution in [-0.2, 0) is 17.9 Å². The lowest BCUT2D eigenvalue weighted by atomic mass is 10.0. The molecule has 132 valence electrons.